The molecule has 1 saturated heterocycles. The highest BCUT2D eigenvalue weighted by Gasteiger charge is 2.31. The van der Waals surface area contributed by atoms with Crippen molar-refractivity contribution in [3.8, 4) is 0 Å². The van der Waals surface area contributed by atoms with Crippen LogP contribution in [-0.4, -0.2) is 54.4 Å². The molecule has 1 fully saturated rings. The molecule has 0 radical (unpaired) electrons. The van der Waals surface area contributed by atoms with Crippen LogP contribution in [0, 0.1) is 0 Å². The van der Waals surface area contributed by atoms with Gasteiger partial charge in [0.2, 0.25) is 5.91 Å². The first-order valence-corrected chi connectivity index (χ1v) is 9.43. The molecule has 10 heteroatoms. The van der Waals surface area contributed by atoms with Crippen LogP contribution in [0.2, 0.25) is 0 Å². The van der Waals surface area contributed by atoms with E-state index < -0.39 is 17.6 Å². The fourth-order valence-corrected chi connectivity index (χ4v) is 3.30. The first-order valence-electron chi connectivity index (χ1n) is 9.43. The Morgan fingerprint density at radius 2 is 1.83 bits per heavy atom. The van der Waals surface area contributed by atoms with Gasteiger partial charge in [-0.25, -0.2) is 4.98 Å². The lowest BCUT2D eigenvalue weighted by atomic mass is 10.1. The van der Waals surface area contributed by atoms with Crippen molar-refractivity contribution in [1.82, 2.24) is 9.88 Å². The number of alkyl halides is 3. The molecule has 3 rings (SSSR count). The van der Waals surface area contributed by atoms with Crippen LogP contribution in [0.1, 0.15) is 22.3 Å². The molecule has 30 heavy (non-hydrogen) atoms. The van der Waals surface area contributed by atoms with Gasteiger partial charge < -0.3 is 16.0 Å². The molecule has 160 valence electrons. The van der Waals surface area contributed by atoms with Gasteiger partial charge in [-0.1, -0.05) is 12.1 Å². The van der Waals surface area contributed by atoms with Gasteiger partial charge in [0.05, 0.1) is 23.4 Å². The molecule has 0 unspecified atom stereocenters. The number of nitrogens with one attached hydrogen (secondary N) is 1. The first kappa shape index (κ1) is 21.6. The van der Waals surface area contributed by atoms with Crippen molar-refractivity contribution < 1.29 is 22.8 Å². The summed E-state index contributed by atoms with van der Waals surface area (Å²) in [5.41, 5.74) is 5.14. The summed E-state index contributed by atoms with van der Waals surface area (Å²) in [6.45, 7) is 2.49. The molecule has 7 nitrogen and oxygen atoms in total. The van der Waals surface area contributed by atoms with Crippen LogP contribution < -0.4 is 16.0 Å². The van der Waals surface area contributed by atoms with Crippen LogP contribution in [0.25, 0.3) is 0 Å². The summed E-state index contributed by atoms with van der Waals surface area (Å²) in [5, 5.41) is 2.71. The van der Waals surface area contributed by atoms with E-state index in [0.717, 1.165) is 18.7 Å². The normalized spacial score (nSPS) is 15.5. The summed E-state index contributed by atoms with van der Waals surface area (Å²) in [5.74, 6) is -0.421. The average molecular weight is 421 g/mol. The van der Waals surface area contributed by atoms with Gasteiger partial charge in [0.1, 0.15) is 5.82 Å². The zero-order valence-electron chi connectivity index (χ0n) is 16.2. The number of hydrogen-bond acceptors (Lipinski definition) is 5. The monoisotopic (exact) mass is 421 g/mol. The van der Waals surface area contributed by atoms with E-state index in [1.807, 2.05) is 9.80 Å². The van der Waals surface area contributed by atoms with Crippen molar-refractivity contribution in [3.05, 3.63) is 53.7 Å². The number of nitrogens with zero attached hydrogens (tertiary/aromatic N) is 3. The van der Waals surface area contributed by atoms with Gasteiger partial charge in [0, 0.05) is 32.4 Å². The summed E-state index contributed by atoms with van der Waals surface area (Å²) in [6, 6.07) is 8.90. The largest absolute Gasteiger partial charge is 0.417 e. The van der Waals surface area contributed by atoms with Crippen LogP contribution in [0.15, 0.2) is 42.6 Å². The number of carbonyl (C=O) groups is 2. The van der Waals surface area contributed by atoms with Gasteiger partial charge >= 0.3 is 6.18 Å². The number of carbonyl (C=O) groups excluding carboxylic acids is 2. The van der Waals surface area contributed by atoms with Gasteiger partial charge in [-0.2, -0.15) is 13.2 Å². The minimum absolute atomic E-state index is 0.126. The molecule has 0 aliphatic carbocycles. The quantitative estimate of drug-likeness (QED) is 0.773. The molecule has 0 bridgehead atoms. The maximum Gasteiger partial charge on any atom is 0.417 e. The van der Waals surface area contributed by atoms with E-state index in [4.69, 9.17) is 5.73 Å². The highest BCUT2D eigenvalue weighted by atomic mass is 19.4. The first-order chi connectivity index (χ1) is 14.2. The summed E-state index contributed by atoms with van der Waals surface area (Å²) < 4.78 is 38.1. The lowest BCUT2D eigenvalue weighted by Crippen LogP contribution is -2.36. The number of halogens is 3. The molecular formula is C20H22F3N5O2. The zero-order valence-corrected chi connectivity index (χ0v) is 16.2. The van der Waals surface area contributed by atoms with Crippen molar-refractivity contribution in [3.63, 3.8) is 0 Å². The topological polar surface area (TPSA) is 91.6 Å². The Balaban J connectivity index is 1.56. The highest BCUT2D eigenvalue weighted by Crippen LogP contribution is 2.29. The highest BCUT2D eigenvalue weighted by molar-refractivity contribution is 6.03. The van der Waals surface area contributed by atoms with Crippen molar-refractivity contribution >= 4 is 23.3 Å². The summed E-state index contributed by atoms with van der Waals surface area (Å²) in [4.78, 5) is 31.7. The molecule has 1 aliphatic rings. The number of rotatable bonds is 5. The number of hydrogen-bond donors (Lipinski definition) is 2. The van der Waals surface area contributed by atoms with E-state index in [1.165, 1.54) is 6.07 Å². The lowest BCUT2D eigenvalue weighted by molar-refractivity contribution is -0.137. The van der Waals surface area contributed by atoms with Gasteiger partial charge in [-0.05, 0) is 30.7 Å². The number of para-hydroxylation sites is 1. The fourth-order valence-electron chi connectivity index (χ4n) is 3.30. The second kappa shape index (κ2) is 9.12. The van der Waals surface area contributed by atoms with E-state index in [9.17, 15) is 22.8 Å². The van der Waals surface area contributed by atoms with Crippen LogP contribution in [0.4, 0.5) is 24.7 Å². The Labute approximate surface area is 171 Å². The van der Waals surface area contributed by atoms with E-state index in [1.54, 1.807) is 24.3 Å². The van der Waals surface area contributed by atoms with Crippen molar-refractivity contribution in [1.29, 1.82) is 0 Å². The van der Waals surface area contributed by atoms with Crippen molar-refractivity contribution in [2.45, 2.75) is 12.6 Å². The molecule has 0 saturated carbocycles. The van der Waals surface area contributed by atoms with Crippen LogP contribution in [0.5, 0.6) is 0 Å². The number of anilines is 2. The predicted molar refractivity (Wildman–Crippen MR) is 106 cm³/mol. The number of pyridine rings is 1. The smallest absolute Gasteiger partial charge is 0.366 e. The van der Waals surface area contributed by atoms with Crippen LogP contribution in [-0.2, 0) is 11.0 Å². The third-order valence-corrected chi connectivity index (χ3v) is 4.82. The zero-order chi connectivity index (χ0) is 21.7. The molecule has 1 aromatic heterocycles. The van der Waals surface area contributed by atoms with E-state index >= 15 is 0 Å². The molecule has 2 aromatic rings. The Bertz CT molecular complexity index is 902. The van der Waals surface area contributed by atoms with E-state index in [0.29, 0.717) is 37.7 Å². The average Bonchev–Trinajstić information content (AvgIpc) is 2.93. The predicted octanol–water partition coefficient (Wildman–Crippen LogP) is 2.35. The second-order valence-corrected chi connectivity index (χ2v) is 6.98. The Hall–Kier alpha value is -3.14. The molecular weight excluding hydrogens is 399 g/mol. The molecule has 0 atom stereocenters. The van der Waals surface area contributed by atoms with Gasteiger partial charge in [0.15, 0.2) is 0 Å². The number of aromatic nitrogens is 1. The van der Waals surface area contributed by atoms with Gasteiger partial charge in [0.25, 0.3) is 5.91 Å². The van der Waals surface area contributed by atoms with E-state index in [2.05, 4.69) is 10.3 Å². The van der Waals surface area contributed by atoms with Gasteiger partial charge in [-0.15, -0.1) is 0 Å². The molecule has 1 aliphatic heterocycles. The molecule has 1 aromatic carbocycles. The minimum atomic E-state index is -4.42. The molecule has 2 amide bonds. The molecule has 2 heterocycles. The summed E-state index contributed by atoms with van der Waals surface area (Å²) in [7, 11) is 0. The third kappa shape index (κ3) is 5.47. The maximum atomic E-state index is 12.7. The standard InChI is InChI=1S/C20H22F3N5O2/c21-20(22,23)14-6-7-17(25-12-14)28-9-3-8-27(10-11-28)13-18(29)26-16-5-2-1-4-15(16)19(24)30/h1-2,4-7,12H,3,8-11,13H2,(H2,24,30)(H,26,29). The summed E-state index contributed by atoms with van der Waals surface area (Å²) in [6.07, 6.45) is -2.85. The minimum Gasteiger partial charge on any atom is -0.366 e. The number of nitrogens with two attached hydrogens (primary N) is 1. The van der Waals surface area contributed by atoms with Crippen LogP contribution >= 0.6 is 0 Å². The Morgan fingerprint density at radius 1 is 1.07 bits per heavy atom. The van der Waals surface area contributed by atoms with Crippen molar-refractivity contribution in [2.24, 2.45) is 5.73 Å². The van der Waals surface area contributed by atoms with Crippen LogP contribution in [0.3, 0.4) is 0 Å². The van der Waals surface area contributed by atoms with E-state index in [-0.39, 0.29) is 18.0 Å². The van der Waals surface area contributed by atoms with Crippen molar-refractivity contribution in [2.75, 3.05) is 42.9 Å². The number of benzene rings is 1. The number of primary amides is 1. The summed E-state index contributed by atoms with van der Waals surface area (Å²) >= 11 is 0. The lowest BCUT2D eigenvalue weighted by Gasteiger charge is -2.23. The second-order valence-electron chi connectivity index (χ2n) is 6.98. The third-order valence-electron chi connectivity index (χ3n) is 4.82. The fraction of sp³-hybridized carbons (Fsp3) is 0.350. The molecule has 0 spiro atoms. The SMILES string of the molecule is NC(=O)c1ccccc1NC(=O)CN1CCCN(c2ccc(C(F)(F)F)cn2)CC1. The Kier molecular flexibility index (Phi) is 6.56. The number of amides is 2. The molecule has 3 N–H and O–H groups in total. The maximum absolute atomic E-state index is 12.7. The van der Waals surface area contributed by atoms with Gasteiger partial charge in [-0.3, -0.25) is 14.5 Å². The Morgan fingerprint density at radius 3 is 2.50 bits per heavy atom.